The molecule has 0 aromatic heterocycles. The maximum Gasteiger partial charge on any atom is 0.306 e. The first-order valence-electron chi connectivity index (χ1n) is 25.8. The topological polar surface area (TPSA) is 78.9 Å². The van der Waals surface area contributed by atoms with Crippen molar-refractivity contribution in [3.63, 3.8) is 0 Å². The summed E-state index contributed by atoms with van der Waals surface area (Å²) in [5, 5.41) is 0. The van der Waals surface area contributed by atoms with Crippen molar-refractivity contribution in [3.8, 4) is 0 Å². The predicted octanol–water partition coefficient (Wildman–Crippen LogP) is 16.5. The van der Waals surface area contributed by atoms with E-state index in [9.17, 15) is 14.4 Å². The molecule has 0 aromatic rings. The Labute approximate surface area is 361 Å². The second-order valence-corrected chi connectivity index (χ2v) is 18.5. The molecule has 58 heavy (non-hydrogen) atoms. The molecule has 0 aliphatic rings. The SMILES string of the molecule is CCCCCCCCCCCC(=O)O[C@@H](COC(=O)CCCCCCCCCCCCCCCCCCCCC(C)C)COC(=O)CCCCCCCCC(C)CC. The molecule has 0 rings (SSSR count). The number of carbonyl (C=O) groups excluding carboxylic acids is 3. The molecule has 0 aliphatic heterocycles. The molecule has 2 atom stereocenters. The van der Waals surface area contributed by atoms with Gasteiger partial charge in [-0.25, -0.2) is 0 Å². The van der Waals surface area contributed by atoms with E-state index in [2.05, 4.69) is 34.6 Å². The van der Waals surface area contributed by atoms with Crippen LogP contribution in [0, 0.1) is 11.8 Å². The van der Waals surface area contributed by atoms with Crippen LogP contribution in [0.1, 0.15) is 285 Å². The highest BCUT2D eigenvalue weighted by Gasteiger charge is 2.19. The number of rotatable bonds is 46. The fourth-order valence-corrected chi connectivity index (χ4v) is 7.78. The predicted molar refractivity (Wildman–Crippen MR) is 247 cm³/mol. The van der Waals surface area contributed by atoms with Crippen molar-refractivity contribution in [3.05, 3.63) is 0 Å². The van der Waals surface area contributed by atoms with E-state index in [-0.39, 0.29) is 31.1 Å². The average Bonchev–Trinajstić information content (AvgIpc) is 3.21. The van der Waals surface area contributed by atoms with Gasteiger partial charge in [-0.1, -0.05) is 247 Å². The Kier molecular flexibility index (Phi) is 43.7. The Hall–Kier alpha value is -1.59. The van der Waals surface area contributed by atoms with Gasteiger partial charge in [0, 0.05) is 19.3 Å². The summed E-state index contributed by atoms with van der Waals surface area (Å²) in [6.07, 6.45) is 45.3. The van der Waals surface area contributed by atoms with E-state index in [1.54, 1.807) is 0 Å². The van der Waals surface area contributed by atoms with Crippen LogP contribution in [0.2, 0.25) is 0 Å². The van der Waals surface area contributed by atoms with Crippen LogP contribution in [0.4, 0.5) is 0 Å². The van der Waals surface area contributed by atoms with Gasteiger partial charge in [0.2, 0.25) is 0 Å². The van der Waals surface area contributed by atoms with Crippen molar-refractivity contribution in [2.24, 2.45) is 11.8 Å². The van der Waals surface area contributed by atoms with Gasteiger partial charge in [-0.05, 0) is 31.1 Å². The van der Waals surface area contributed by atoms with Crippen LogP contribution in [0.15, 0.2) is 0 Å². The average molecular weight is 821 g/mol. The Bertz CT molecular complexity index is 887. The van der Waals surface area contributed by atoms with Gasteiger partial charge in [0.05, 0.1) is 0 Å². The fraction of sp³-hybridized carbons (Fsp3) is 0.942. The molecular formula is C52H100O6. The lowest BCUT2D eigenvalue weighted by Gasteiger charge is -2.18. The van der Waals surface area contributed by atoms with Crippen molar-refractivity contribution in [1.82, 2.24) is 0 Å². The zero-order valence-electron chi connectivity index (χ0n) is 39.7. The summed E-state index contributed by atoms with van der Waals surface area (Å²) in [7, 11) is 0. The van der Waals surface area contributed by atoms with Crippen molar-refractivity contribution in [1.29, 1.82) is 0 Å². The summed E-state index contributed by atoms with van der Waals surface area (Å²) in [5.41, 5.74) is 0. The van der Waals surface area contributed by atoms with Crippen molar-refractivity contribution < 1.29 is 28.6 Å². The van der Waals surface area contributed by atoms with E-state index in [4.69, 9.17) is 14.2 Å². The van der Waals surface area contributed by atoms with Crippen molar-refractivity contribution >= 4 is 17.9 Å². The molecule has 0 N–H and O–H groups in total. The first-order valence-corrected chi connectivity index (χ1v) is 25.8. The molecule has 0 radical (unpaired) electrons. The van der Waals surface area contributed by atoms with Crippen LogP contribution >= 0.6 is 0 Å². The first kappa shape index (κ1) is 56.4. The highest BCUT2D eigenvalue weighted by atomic mass is 16.6. The number of carbonyl (C=O) groups is 3. The van der Waals surface area contributed by atoms with Gasteiger partial charge < -0.3 is 14.2 Å². The summed E-state index contributed by atoms with van der Waals surface area (Å²) in [4.78, 5) is 37.8. The molecule has 0 bridgehead atoms. The minimum atomic E-state index is -0.761. The molecule has 0 saturated heterocycles. The van der Waals surface area contributed by atoms with Crippen LogP contribution in [-0.4, -0.2) is 37.2 Å². The molecule has 0 spiro atoms. The molecule has 0 heterocycles. The van der Waals surface area contributed by atoms with Gasteiger partial charge in [0.15, 0.2) is 6.10 Å². The largest absolute Gasteiger partial charge is 0.462 e. The van der Waals surface area contributed by atoms with E-state index in [1.165, 1.54) is 173 Å². The Balaban J connectivity index is 4.15. The fourth-order valence-electron chi connectivity index (χ4n) is 7.78. The maximum absolute atomic E-state index is 12.7. The van der Waals surface area contributed by atoms with Crippen molar-refractivity contribution in [2.75, 3.05) is 13.2 Å². The molecule has 0 fully saturated rings. The van der Waals surface area contributed by atoms with Gasteiger partial charge in [-0.2, -0.15) is 0 Å². The molecule has 0 aromatic carbocycles. The summed E-state index contributed by atoms with van der Waals surface area (Å²) in [6.45, 7) is 11.3. The van der Waals surface area contributed by atoms with E-state index < -0.39 is 6.10 Å². The molecule has 6 nitrogen and oxygen atoms in total. The highest BCUT2D eigenvalue weighted by Crippen LogP contribution is 2.18. The summed E-state index contributed by atoms with van der Waals surface area (Å²) >= 11 is 0. The second-order valence-electron chi connectivity index (χ2n) is 18.5. The van der Waals surface area contributed by atoms with Gasteiger partial charge in [-0.3, -0.25) is 14.4 Å². The van der Waals surface area contributed by atoms with Crippen LogP contribution in [0.5, 0.6) is 0 Å². The number of ether oxygens (including phenoxy) is 3. The van der Waals surface area contributed by atoms with Gasteiger partial charge in [0.1, 0.15) is 13.2 Å². The van der Waals surface area contributed by atoms with Crippen LogP contribution < -0.4 is 0 Å². The summed E-state index contributed by atoms with van der Waals surface area (Å²) in [6, 6.07) is 0. The number of unbranched alkanes of at least 4 members (excludes halogenated alkanes) is 30. The second kappa shape index (κ2) is 44.9. The Morgan fingerprint density at radius 3 is 0.983 bits per heavy atom. The smallest absolute Gasteiger partial charge is 0.306 e. The van der Waals surface area contributed by atoms with Crippen molar-refractivity contribution in [2.45, 2.75) is 291 Å². The minimum Gasteiger partial charge on any atom is -0.462 e. The molecular weight excluding hydrogens is 721 g/mol. The monoisotopic (exact) mass is 821 g/mol. The lowest BCUT2D eigenvalue weighted by atomic mass is 10.00. The van der Waals surface area contributed by atoms with Gasteiger partial charge in [-0.15, -0.1) is 0 Å². The number of hydrogen-bond acceptors (Lipinski definition) is 6. The third kappa shape index (κ3) is 44.0. The zero-order valence-corrected chi connectivity index (χ0v) is 39.7. The summed E-state index contributed by atoms with van der Waals surface area (Å²) in [5.74, 6) is 0.818. The normalized spacial score (nSPS) is 12.5. The number of esters is 3. The van der Waals surface area contributed by atoms with E-state index >= 15 is 0 Å². The van der Waals surface area contributed by atoms with Gasteiger partial charge in [0.25, 0.3) is 0 Å². The van der Waals surface area contributed by atoms with Gasteiger partial charge >= 0.3 is 17.9 Å². The molecule has 0 amide bonds. The van der Waals surface area contributed by atoms with E-state index in [0.717, 1.165) is 69.6 Å². The molecule has 0 aliphatic carbocycles. The van der Waals surface area contributed by atoms with E-state index in [0.29, 0.717) is 19.3 Å². The lowest BCUT2D eigenvalue weighted by molar-refractivity contribution is -0.167. The Morgan fingerprint density at radius 1 is 0.362 bits per heavy atom. The third-order valence-electron chi connectivity index (χ3n) is 12.1. The highest BCUT2D eigenvalue weighted by molar-refractivity contribution is 5.71. The molecule has 6 heteroatoms. The molecule has 344 valence electrons. The molecule has 1 unspecified atom stereocenters. The standard InChI is InChI=1S/C52H100O6/c1-6-8-9-10-11-22-27-34-39-44-52(55)58-49(46-57-51(54)43-38-33-29-28-31-36-41-48(5)7-2)45-56-50(53)42-37-32-26-24-21-19-17-15-13-12-14-16-18-20-23-25-30-35-40-47(3)4/h47-49H,6-46H2,1-5H3/t48?,49-/m0/s1. The Morgan fingerprint density at radius 2 is 0.655 bits per heavy atom. The minimum absolute atomic E-state index is 0.0645. The molecule has 0 saturated carbocycles. The van der Waals surface area contributed by atoms with Crippen LogP contribution in [0.25, 0.3) is 0 Å². The van der Waals surface area contributed by atoms with Crippen LogP contribution in [-0.2, 0) is 28.6 Å². The zero-order chi connectivity index (χ0) is 42.6. The van der Waals surface area contributed by atoms with Crippen LogP contribution in [0.3, 0.4) is 0 Å². The first-order chi connectivity index (χ1) is 28.3. The lowest BCUT2D eigenvalue weighted by Crippen LogP contribution is -2.30. The number of hydrogen-bond donors (Lipinski definition) is 0. The summed E-state index contributed by atoms with van der Waals surface area (Å²) < 4.78 is 16.7. The quantitative estimate of drug-likeness (QED) is 0.0346. The third-order valence-corrected chi connectivity index (χ3v) is 12.1. The van der Waals surface area contributed by atoms with E-state index in [1.807, 2.05) is 0 Å². The maximum atomic E-state index is 12.7.